The van der Waals surface area contributed by atoms with Crippen LogP contribution in [0.15, 0.2) is 89.2 Å². The number of rotatable bonds is 5. The summed E-state index contributed by atoms with van der Waals surface area (Å²) in [5.74, 6) is 0. The Morgan fingerprint density at radius 3 is 2.66 bits per heavy atom. The maximum absolute atomic E-state index is 2.44. The van der Waals surface area contributed by atoms with Crippen LogP contribution in [-0.2, 0) is 6.54 Å². The van der Waals surface area contributed by atoms with E-state index in [0.717, 1.165) is 13.1 Å². The Hall–Kier alpha value is -2.61. The third-order valence-electron chi connectivity index (χ3n) is 5.27. The second-order valence-electron chi connectivity index (χ2n) is 7.14. The van der Waals surface area contributed by atoms with Gasteiger partial charge in [-0.1, -0.05) is 0 Å². The normalized spacial score (nSPS) is 15.6. The number of para-hydroxylation sites is 2. The van der Waals surface area contributed by atoms with Crippen molar-refractivity contribution in [3.8, 4) is 0 Å². The fourth-order valence-corrected chi connectivity index (χ4v) is 6.08. The Morgan fingerprint density at radius 1 is 1.03 bits per heavy atom. The Balaban J connectivity index is 1.58. The first kappa shape index (κ1) is 19.7. The number of benzene rings is 2. The second-order valence-corrected chi connectivity index (χ2v) is 9.37. The molecule has 0 bridgehead atoms. The molecular weight excluding hydrogens is 419 g/mol. The van der Waals surface area contributed by atoms with Gasteiger partial charge in [-0.2, -0.15) is 0 Å². The number of nitrogens with zero attached hydrogens (tertiary/aromatic N) is 2. The van der Waals surface area contributed by atoms with Crippen LogP contribution in [0.1, 0.15) is 26.3 Å². The molecule has 0 N–H and O–H groups in total. The van der Waals surface area contributed by atoms with Crippen molar-refractivity contribution < 1.29 is 4.57 Å². The van der Waals surface area contributed by atoms with Crippen LogP contribution in [0.25, 0.3) is 17.0 Å². The second kappa shape index (κ2) is 8.82. The Morgan fingerprint density at radius 2 is 1.83 bits per heavy atom. The first-order chi connectivity index (χ1) is 14.2. The summed E-state index contributed by atoms with van der Waals surface area (Å²) in [5, 5.41) is 1.30. The average molecular weight is 446 g/mol. The van der Waals surface area contributed by atoms with Crippen LogP contribution in [0.3, 0.4) is 0 Å². The number of aromatic nitrogens is 1. The number of hydrogen-bond acceptors (Lipinski definition) is 1. The van der Waals surface area contributed by atoms with E-state index in [1.807, 2.05) is 0 Å². The van der Waals surface area contributed by atoms with Crippen molar-refractivity contribution in [2.45, 2.75) is 27.3 Å². The van der Waals surface area contributed by atoms with Crippen LogP contribution < -0.4 is 13.9 Å². The van der Waals surface area contributed by atoms with Crippen molar-refractivity contribution in [3.63, 3.8) is 0 Å². The van der Waals surface area contributed by atoms with Gasteiger partial charge in [-0.05, 0) is 0 Å². The summed E-state index contributed by atoms with van der Waals surface area (Å²) >= 11 is 0.385. The zero-order valence-electron chi connectivity index (χ0n) is 17.3. The van der Waals surface area contributed by atoms with Crippen molar-refractivity contribution in [1.29, 1.82) is 0 Å². The molecular formula is C26H27N2Se+. The summed E-state index contributed by atoms with van der Waals surface area (Å²) in [6.07, 6.45) is 11.2. The van der Waals surface area contributed by atoms with E-state index in [1.54, 1.807) is 0 Å². The van der Waals surface area contributed by atoms with E-state index in [0.29, 0.717) is 15.0 Å². The van der Waals surface area contributed by atoms with Crippen LogP contribution in [0.4, 0.5) is 5.69 Å². The Labute approximate surface area is 180 Å². The molecule has 0 amide bonds. The van der Waals surface area contributed by atoms with E-state index in [4.69, 9.17) is 0 Å². The molecule has 146 valence electrons. The average Bonchev–Trinajstić information content (AvgIpc) is 3.13. The van der Waals surface area contributed by atoms with Crippen LogP contribution in [0.2, 0.25) is 0 Å². The number of anilines is 1. The molecule has 2 nitrogen and oxygen atoms in total. The van der Waals surface area contributed by atoms with Gasteiger partial charge in [0.2, 0.25) is 0 Å². The molecule has 1 aliphatic heterocycles. The van der Waals surface area contributed by atoms with Crippen molar-refractivity contribution >= 4 is 42.1 Å². The molecule has 3 heteroatoms. The predicted octanol–water partition coefficient (Wildman–Crippen LogP) is 4.82. The van der Waals surface area contributed by atoms with Gasteiger partial charge in [-0.15, -0.1) is 0 Å². The minimum atomic E-state index is 0.385. The molecule has 0 radical (unpaired) electrons. The van der Waals surface area contributed by atoms with Crippen molar-refractivity contribution in [1.82, 2.24) is 0 Å². The molecule has 0 atom stereocenters. The van der Waals surface area contributed by atoms with Crippen molar-refractivity contribution in [2.24, 2.45) is 0 Å². The fraction of sp³-hybridized carbons (Fsp3) is 0.192. The number of aryl methyl sites for hydroxylation is 1. The van der Waals surface area contributed by atoms with Gasteiger partial charge in [0.25, 0.3) is 0 Å². The van der Waals surface area contributed by atoms with E-state index in [2.05, 4.69) is 115 Å². The quantitative estimate of drug-likeness (QED) is 0.310. The van der Waals surface area contributed by atoms with E-state index < -0.39 is 0 Å². The molecule has 0 spiro atoms. The van der Waals surface area contributed by atoms with E-state index in [-0.39, 0.29) is 0 Å². The maximum atomic E-state index is 2.44. The van der Waals surface area contributed by atoms with Gasteiger partial charge in [0.15, 0.2) is 0 Å². The topological polar surface area (TPSA) is 7.12 Å². The van der Waals surface area contributed by atoms with E-state index >= 15 is 0 Å². The van der Waals surface area contributed by atoms with Crippen LogP contribution in [0.5, 0.6) is 0 Å². The van der Waals surface area contributed by atoms with Crippen LogP contribution >= 0.6 is 0 Å². The summed E-state index contributed by atoms with van der Waals surface area (Å²) < 4.78 is 5.21. The fourth-order valence-electron chi connectivity index (χ4n) is 3.71. The molecule has 0 unspecified atom stereocenters. The van der Waals surface area contributed by atoms with Gasteiger partial charge in [0.1, 0.15) is 0 Å². The SMILES string of the molecule is CCN1C(=CC=C(C)C=Cc2cc[n+](CC)c3ccccc23)[Se]c2ccccc21. The van der Waals surface area contributed by atoms with E-state index in [1.165, 1.54) is 36.8 Å². The minimum absolute atomic E-state index is 0.385. The number of pyridine rings is 1. The van der Waals surface area contributed by atoms with Gasteiger partial charge in [-0.25, -0.2) is 0 Å². The van der Waals surface area contributed by atoms with Gasteiger partial charge in [-0.3, -0.25) is 0 Å². The molecule has 1 aromatic heterocycles. The van der Waals surface area contributed by atoms with Crippen LogP contribution in [-0.4, -0.2) is 21.5 Å². The van der Waals surface area contributed by atoms with Crippen molar-refractivity contribution in [2.75, 3.05) is 11.4 Å². The van der Waals surface area contributed by atoms with Gasteiger partial charge >= 0.3 is 180 Å². The molecule has 1 aliphatic rings. The van der Waals surface area contributed by atoms with Gasteiger partial charge < -0.3 is 0 Å². The molecule has 29 heavy (non-hydrogen) atoms. The Kier molecular flexibility index (Phi) is 5.99. The number of fused-ring (bicyclic) bond motifs is 2. The monoisotopic (exact) mass is 447 g/mol. The zero-order valence-corrected chi connectivity index (χ0v) is 19.0. The van der Waals surface area contributed by atoms with E-state index in [9.17, 15) is 0 Å². The summed E-state index contributed by atoms with van der Waals surface area (Å²) in [7, 11) is 0. The molecule has 2 aromatic carbocycles. The first-order valence-electron chi connectivity index (χ1n) is 10.2. The molecule has 2 heterocycles. The number of allylic oxidation sites excluding steroid dienone is 4. The summed E-state index contributed by atoms with van der Waals surface area (Å²) in [6.45, 7) is 8.59. The van der Waals surface area contributed by atoms with Crippen molar-refractivity contribution in [3.05, 3.63) is 94.8 Å². The number of hydrogen-bond donors (Lipinski definition) is 0. The summed E-state index contributed by atoms with van der Waals surface area (Å²) in [4.78, 5) is 2.44. The standard InChI is InChI=1S/C26H27N2Se/c1-4-27-19-18-21(22-10-6-7-11-23(22)27)16-14-20(3)15-17-26-28(5-2)24-12-8-9-13-25(24)29-26/h6-19H,4-5H2,1-3H3/q+1. The molecule has 4 rings (SSSR count). The van der Waals surface area contributed by atoms with Crippen LogP contribution in [0, 0.1) is 0 Å². The third kappa shape index (κ3) is 4.07. The molecule has 0 saturated carbocycles. The van der Waals surface area contributed by atoms with Gasteiger partial charge in [0.05, 0.1) is 0 Å². The van der Waals surface area contributed by atoms with Gasteiger partial charge in [0, 0.05) is 0 Å². The third-order valence-corrected chi connectivity index (χ3v) is 7.64. The Bertz CT molecular complexity index is 1120. The summed E-state index contributed by atoms with van der Waals surface area (Å²) in [6, 6.07) is 19.6. The molecule has 0 aliphatic carbocycles. The predicted molar refractivity (Wildman–Crippen MR) is 126 cm³/mol. The summed E-state index contributed by atoms with van der Waals surface area (Å²) in [5.41, 5.74) is 5.18. The molecule has 0 fully saturated rings. The zero-order chi connectivity index (χ0) is 20.2. The molecule has 0 saturated heterocycles. The first-order valence-corrected chi connectivity index (χ1v) is 11.9. The molecule has 3 aromatic rings.